The minimum atomic E-state index is -0.463. The fourth-order valence-corrected chi connectivity index (χ4v) is 1.99. The second-order valence-corrected chi connectivity index (χ2v) is 4.58. The molecule has 0 amide bonds. The van der Waals surface area contributed by atoms with Crippen LogP contribution >= 0.6 is 0 Å². The predicted molar refractivity (Wildman–Crippen MR) is 74.1 cm³/mol. The molecular weight excluding hydrogens is 240 g/mol. The Hall–Kier alpha value is -1.81. The van der Waals surface area contributed by atoms with Gasteiger partial charge < -0.3 is 9.84 Å². The van der Waals surface area contributed by atoms with Crippen LogP contribution in [0.1, 0.15) is 30.6 Å². The molecule has 0 aliphatic carbocycles. The molecule has 0 radical (unpaired) electrons. The Balaban J connectivity index is 1.95. The standard InChI is InChI=1S/C15H20N2O2/c1-3-14(18)13-6-4-5-7-15(13)19-9-8-12-10-16-17(2)11-12/h4-7,10-11,14,18H,3,8-9H2,1-2H3/t14-/m0/s1. The lowest BCUT2D eigenvalue weighted by atomic mass is 10.1. The molecule has 0 bridgehead atoms. The number of hydrogen-bond donors (Lipinski definition) is 1. The van der Waals surface area contributed by atoms with E-state index in [1.807, 2.05) is 50.6 Å². The Kier molecular flexibility index (Phi) is 4.58. The van der Waals surface area contributed by atoms with E-state index < -0.39 is 6.10 Å². The maximum absolute atomic E-state index is 9.94. The van der Waals surface area contributed by atoms with Crippen LogP contribution in [0, 0.1) is 0 Å². The summed E-state index contributed by atoms with van der Waals surface area (Å²) in [6, 6.07) is 7.65. The van der Waals surface area contributed by atoms with E-state index >= 15 is 0 Å². The van der Waals surface area contributed by atoms with Crippen molar-refractivity contribution in [3.63, 3.8) is 0 Å². The quantitative estimate of drug-likeness (QED) is 0.868. The summed E-state index contributed by atoms with van der Waals surface area (Å²) in [5, 5.41) is 14.1. The number of nitrogens with zero attached hydrogens (tertiary/aromatic N) is 2. The molecule has 4 heteroatoms. The van der Waals surface area contributed by atoms with Crippen molar-refractivity contribution < 1.29 is 9.84 Å². The third kappa shape index (κ3) is 3.58. The number of para-hydroxylation sites is 1. The van der Waals surface area contributed by atoms with E-state index in [2.05, 4.69) is 5.10 Å². The van der Waals surface area contributed by atoms with Crippen molar-refractivity contribution in [2.45, 2.75) is 25.9 Å². The van der Waals surface area contributed by atoms with Crippen molar-refractivity contribution in [2.24, 2.45) is 7.05 Å². The SMILES string of the molecule is CC[C@H](O)c1ccccc1OCCc1cnn(C)c1. The minimum Gasteiger partial charge on any atom is -0.493 e. The van der Waals surface area contributed by atoms with Crippen molar-refractivity contribution in [3.05, 3.63) is 47.8 Å². The van der Waals surface area contributed by atoms with Crippen LogP contribution < -0.4 is 4.74 Å². The summed E-state index contributed by atoms with van der Waals surface area (Å²) in [6.07, 6.45) is 4.86. The van der Waals surface area contributed by atoms with Crippen LogP contribution in [0.15, 0.2) is 36.7 Å². The molecule has 0 saturated heterocycles. The lowest BCUT2D eigenvalue weighted by molar-refractivity contribution is 0.167. The first-order valence-electron chi connectivity index (χ1n) is 6.58. The number of benzene rings is 1. The van der Waals surface area contributed by atoms with Gasteiger partial charge in [-0.3, -0.25) is 4.68 Å². The van der Waals surface area contributed by atoms with Gasteiger partial charge in [0.25, 0.3) is 0 Å². The maximum Gasteiger partial charge on any atom is 0.125 e. The Morgan fingerprint density at radius 3 is 2.84 bits per heavy atom. The molecule has 0 saturated carbocycles. The van der Waals surface area contributed by atoms with Crippen LogP contribution in [0.2, 0.25) is 0 Å². The average molecular weight is 260 g/mol. The van der Waals surface area contributed by atoms with Crippen LogP contribution in [-0.2, 0) is 13.5 Å². The summed E-state index contributed by atoms with van der Waals surface area (Å²) in [6.45, 7) is 2.54. The van der Waals surface area contributed by atoms with Crippen LogP contribution in [0.4, 0.5) is 0 Å². The van der Waals surface area contributed by atoms with Crippen molar-refractivity contribution in [1.82, 2.24) is 9.78 Å². The van der Waals surface area contributed by atoms with E-state index in [0.29, 0.717) is 13.0 Å². The number of hydrogen-bond acceptors (Lipinski definition) is 3. The van der Waals surface area contributed by atoms with Crippen LogP contribution in [0.3, 0.4) is 0 Å². The Morgan fingerprint density at radius 2 is 2.16 bits per heavy atom. The van der Waals surface area contributed by atoms with Crippen molar-refractivity contribution in [2.75, 3.05) is 6.61 Å². The zero-order valence-electron chi connectivity index (χ0n) is 11.4. The fraction of sp³-hybridized carbons (Fsp3) is 0.400. The number of aryl methyl sites for hydroxylation is 1. The van der Waals surface area contributed by atoms with E-state index in [4.69, 9.17) is 4.74 Å². The number of aliphatic hydroxyl groups is 1. The molecule has 4 nitrogen and oxygen atoms in total. The van der Waals surface area contributed by atoms with E-state index in [1.165, 1.54) is 0 Å². The first-order chi connectivity index (χ1) is 9.20. The van der Waals surface area contributed by atoms with Gasteiger partial charge in [0.15, 0.2) is 0 Å². The Labute approximate surface area is 113 Å². The molecule has 1 heterocycles. The fourth-order valence-electron chi connectivity index (χ4n) is 1.99. The molecule has 1 N–H and O–H groups in total. The molecule has 0 fully saturated rings. The van der Waals surface area contributed by atoms with E-state index in [-0.39, 0.29) is 0 Å². The third-order valence-electron chi connectivity index (χ3n) is 3.07. The van der Waals surface area contributed by atoms with Gasteiger partial charge in [0.05, 0.1) is 18.9 Å². The lowest BCUT2D eigenvalue weighted by Crippen LogP contribution is -2.05. The molecule has 0 unspecified atom stereocenters. The highest BCUT2D eigenvalue weighted by Crippen LogP contribution is 2.26. The van der Waals surface area contributed by atoms with Gasteiger partial charge in [0.2, 0.25) is 0 Å². The molecular formula is C15H20N2O2. The molecule has 1 atom stereocenters. The molecule has 2 rings (SSSR count). The first-order valence-corrected chi connectivity index (χ1v) is 6.58. The second-order valence-electron chi connectivity index (χ2n) is 4.58. The first kappa shape index (κ1) is 13.6. The van der Waals surface area contributed by atoms with Gasteiger partial charge in [-0.05, 0) is 18.1 Å². The highest BCUT2D eigenvalue weighted by Gasteiger charge is 2.10. The van der Waals surface area contributed by atoms with E-state index in [1.54, 1.807) is 4.68 Å². The van der Waals surface area contributed by atoms with Gasteiger partial charge in [-0.25, -0.2) is 0 Å². The van der Waals surface area contributed by atoms with Crippen LogP contribution in [0.25, 0.3) is 0 Å². The maximum atomic E-state index is 9.94. The Morgan fingerprint density at radius 1 is 1.37 bits per heavy atom. The summed E-state index contributed by atoms with van der Waals surface area (Å²) in [7, 11) is 1.90. The number of aliphatic hydroxyl groups excluding tert-OH is 1. The van der Waals surface area contributed by atoms with Crippen molar-refractivity contribution >= 4 is 0 Å². The summed E-state index contributed by atoms with van der Waals surface area (Å²) < 4.78 is 7.56. The minimum absolute atomic E-state index is 0.463. The molecule has 102 valence electrons. The monoisotopic (exact) mass is 260 g/mol. The van der Waals surface area contributed by atoms with Crippen LogP contribution in [-0.4, -0.2) is 21.5 Å². The Bertz CT molecular complexity index is 522. The number of ether oxygens (including phenoxy) is 1. The van der Waals surface area contributed by atoms with Gasteiger partial charge in [-0.15, -0.1) is 0 Å². The average Bonchev–Trinajstić information content (AvgIpc) is 2.84. The predicted octanol–water partition coefficient (Wildman–Crippen LogP) is 2.49. The van der Waals surface area contributed by atoms with Crippen molar-refractivity contribution in [1.29, 1.82) is 0 Å². The molecule has 2 aromatic rings. The largest absolute Gasteiger partial charge is 0.493 e. The lowest BCUT2D eigenvalue weighted by Gasteiger charge is -2.14. The summed E-state index contributed by atoms with van der Waals surface area (Å²) in [4.78, 5) is 0. The van der Waals surface area contributed by atoms with Gasteiger partial charge in [0.1, 0.15) is 5.75 Å². The van der Waals surface area contributed by atoms with Gasteiger partial charge in [0, 0.05) is 25.2 Å². The highest BCUT2D eigenvalue weighted by atomic mass is 16.5. The highest BCUT2D eigenvalue weighted by molar-refractivity contribution is 5.35. The van der Waals surface area contributed by atoms with Gasteiger partial charge in [-0.1, -0.05) is 25.1 Å². The summed E-state index contributed by atoms with van der Waals surface area (Å²) >= 11 is 0. The number of rotatable bonds is 6. The third-order valence-corrected chi connectivity index (χ3v) is 3.07. The molecule has 19 heavy (non-hydrogen) atoms. The van der Waals surface area contributed by atoms with Crippen molar-refractivity contribution in [3.8, 4) is 5.75 Å². The van der Waals surface area contributed by atoms with E-state index in [0.717, 1.165) is 23.3 Å². The van der Waals surface area contributed by atoms with Gasteiger partial charge in [-0.2, -0.15) is 5.10 Å². The molecule has 1 aromatic heterocycles. The summed E-state index contributed by atoms with van der Waals surface area (Å²) in [5.74, 6) is 0.765. The molecule has 0 aliphatic rings. The zero-order valence-corrected chi connectivity index (χ0v) is 11.4. The van der Waals surface area contributed by atoms with E-state index in [9.17, 15) is 5.11 Å². The molecule has 1 aromatic carbocycles. The number of aromatic nitrogens is 2. The molecule has 0 spiro atoms. The molecule has 0 aliphatic heterocycles. The van der Waals surface area contributed by atoms with Gasteiger partial charge >= 0.3 is 0 Å². The second kappa shape index (κ2) is 6.38. The smallest absolute Gasteiger partial charge is 0.125 e. The summed E-state index contributed by atoms with van der Waals surface area (Å²) in [5.41, 5.74) is 2.01. The normalized spacial score (nSPS) is 12.4. The zero-order chi connectivity index (χ0) is 13.7. The van der Waals surface area contributed by atoms with Crippen LogP contribution in [0.5, 0.6) is 5.75 Å². The topological polar surface area (TPSA) is 47.3 Å².